The standard InChI is InChI=1S/C20H26N6O2/c1-28-19-15(3-2-8-21-19)11-25-9-6-20(12-25)7-10-26-17(22-13-23-26)16(20)24-18(27)14-4-5-14/h2-3,8,13-14,16H,4-7,9-12H2,1H3,(H,24,27)/t16-,20-/m0/s1. The molecule has 148 valence electrons. The Kier molecular flexibility index (Phi) is 4.30. The molecule has 8 nitrogen and oxygen atoms in total. The predicted octanol–water partition coefficient (Wildman–Crippen LogP) is 1.54. The fraction of sp³-hybridized carbons (Fsp3) is 0.600. The minimum Gasteiger partial charge on any atom is -0.481 e. The SMILES string of the molecule is COc1ncccc1CN1CC[C@]2(CCn3ncnc3[C@@H]2NC(=O)C2CC2)C1. The van der Waals surface area contributed by atoms with Crippen molar-refractivity contribution in [2.75, 3.05) is 20.2 Å². The Bertz CT molecular complexity index is 879. The molecule has 2 aliphatic heterocycles. The third-order valence-electron chi connectivity index (χ3n) is 6.47. The number of nitrogens with one attached hydrogen (secondary N) is 1. The van der Waals surface area contributed by atoms with E-state index >= 15 is 0 Å². The van der Waals surface area contributed by atoms with Crippen LogP contribution in [-0.4, -0.2) is 50.8 Å². The zero-order chi connectivity index (χ0) is 19.1. The van der Waals surface area contributed by atoms with E-state index in [1.807, 2.05) is 10.7 Å². The van der Waals surface area contributed by atoms with Crippen LogP contribution < -0.4 is 10.1 Å². The number of hydrogen-bond acceptors (Lipinski definition) is 6. The summed E-state index contributed by atoms with van der Waals surface area (Å²) in [5.41, 5.74) is 1.10. The second-order valence-corrected chi connectivity index (χ2v) is 8.30. The molecule has 1 amide bonds. The molecule has 1 saturated carbocycles. The minimum absolute atomic E-state index is 0.00300. The lowest BCUT2D eigenvalue weighted by molar-refractivity contribution is -0.124. The number of methoxy groups -OCH3 is 1. The number of rotatable bonds is 5. The highest BCUT2D eigenvalue weighted by Crippen LogP contribution is 2.48. The normalized spacial score (nSPS) is 27.0. The van der Waals surface area contributed by atoms with Gasteiger partial charge < -0.3 is 10.1 Å². The molecule has 1 spiro atoms. The van der Waals surface area contributed by atoms with Crippen LogP contribution in [0.5, 0.6) is 5.88 Å². The highest BCUT2D eigenvalue weighted by molar-refractivity contribution is 5.81. The van der Waals surface area contributed by atoms with Gasteiger partial charge in [-0.05, 0) is 38.3 Å². The molecule has 0 aromatic carbocycles. The van der Waals surface area contributed by atoms with E-state index in [1.54, 1.807) is 19.6 Å². The van der Waals surface area contributed by atoms with Crippen LogP contribution in [0.4, 0.5) is 0 Å². The molecule has 2 fully saturated rings. The quantitative estimate of drug-likeness (QED) is 0.844. The van der Waals surface area contributed by atoms with E-state index in [4.69, 9.17) is 4.74 Å². The van der Waals surface area contributed by atoms with E-state index in [-0.39, 0.29) is 23.3 Å². The van der Waals surface area contributed by atoms with Crippen LogP contribution in [0.1, 0.15) is 43.1 Å². The average molecular weight is 382 g/mol. The highest BCUT2D eigenvalue weighted by atomic mass is 16.5. The number of carbonyl (C=O) groups excluding carboxylic acids is 1. The Morgan fingerprint density at radius 3 is 3.00 bits per heavy atom. The Labute approximate surface area is 164 Å². The first-order chi connectivity index (χ1) is 13.7. The molecule has 28 heavy (non-hydrogen) atoms. The number of carbonyl (C=O) groups is 1. The van der Waals surface area contributed by atoms with Gasteiger partial charge in [0.25, 0.3) is 0 Å². The molecule has 8 heteroatoms. The maximum Gasteiger partial charge on any atom is 0.223 e. The van der Waals surface area contributed by atoms with Gasteiger partial charge in [0, 0.05) is 42.7 Å². The van der Waals surface area contributed by atoms with E-state index in [9.17, 15) is 4.79 Å². The van der Waals surface area contributed by atoms with Gasteiger partial charge in [0.1, 0.15) is 12.2 Å². The zero-order valence-electron chi connectivity index (χ0n) is 16.2. The lowest BCUT2D eigenvalue weighted by atomic mass is 9.74. The molecule has 0 unspecified atom stereocenters. The maximum atomic E-state index is 12.6. The van der Waals surface area contributed by atoms with Crippen molar-refractivity contribution in [3.63, 3.8) is 0 Å². The molecular weight excluding hydrogens is 356 g/mol. The number of aryl methyl sites for hydroxylation is 1. The van der Waals surface area contributed by atoms with Crippen LogP contribution >= 0.6 is 0 Å². The lowest BCUT2D eigenvalue weighted by Crippen LogP contribution is -2.48. The van der Waals surface area contributed by atoms with Gasteiger partial charge in [-0.15, -0.1) is 0 Å². The van der Waals surface area contributed by atoms with Crippen LogP contribution in [0.3, 0.4) is 0 Å². The van der Waals surface area contributed by atoms with Crippen molar-refractivity contribution in [3.05, 3.63) is 36.0 Å². The van der Waals surface area contributed by atoms with Crippen LogP contribution in [0.15, 0.2) is 24.7 Å². The molecule has 5 rings (SSSR count). The monoisotopic (exact) mass is 382 g/mol. The fourth-order valence-electron chi connectivity index (χ4n) is 4.77. The first-order valence-corrected chi connectivity index (χ1v) is 10.1. The summed E-state index contributed by atoms with van der Waals surface area (Å²) < 4.78 is 7.37. The third-order valence-corrected chi connectivity index (χ3v) is 6.47. The van der Waals surface area contributed by atoms with Crippen molar-refractivity contribution in [1.29, 1.82) is 0 Å². The van der Waals surface area contributed by atoms with Gasteiger partial charge >= 0.3 is 0 Å². The molecule has 2 aromatic heterocycles. The summed E-state index contributed by atoms with van der Waals surface area (Å²) in [7, 11) is 1.66. The van der Waals surface area contributed by atoms with Gasteiger partial charge in [0.05, 0.1) is 13.2 Å². The number of fused-ring (bicyclic) bond motifs is 1. The van der Waals surface area contributed by atoms with Gasteiger partial charge in [-0.3, -0.25) is 9.69 Å². The number of aromatic nitrogens is 4. The van der Waals surface area contributed by atoms with Crippen molar-refractivity contribution in [2.45, 2.75) is 44.8 Å². The molecule has 0 bridgehead atoms. The smallest absolute Gasteiger partial charge is 0.223 e. The summed E-state index contributed by atoms with van der Waals surface area (Å²) >= 11 is 0. The summed E-state index contributed by atoms with van der Waals surface area (Å²) in [6.07, 6.45) is 7.41. The summed E-state index contributed by atoms with van der Waals surface area (Å²) in [6, 6.07) is 3.95. The van der Waals surface area contributed by atoms with Crippen molar-refractivity contribution in [2.24, 2.45) is 11.3 Å². The Morgan fingerprint density at radius 2 is 2.18 bits per heavy atom. The first-order valence-electron chi connectivity index (χ1n) is 10.1. The Hall–Kier alpha value is -2.48. The molecule has 1 N–H and O–H groups in total. The number of nitrogens with zero attached hydrogens (tertiary/aromatic N) is 5. The molecule has 4 heterocycles. The fourth-order valence-corrected chi connectivity index (χ4v) is 4.77. The number of likely N-dealkylation sites (tertiary alicyclic amines) is 1. The summed E-state index contributed by atoms with van der Waals surface area (Å²) in [4.78, 5) is 23.9. The third kappa shape index (κ3) is 3.05. The molecule has 2 aromatic rings. The van der Waals surface area contributed by atoms with Gasteiger partial charge in [-0.2, -0.15) is 5.10 Å². The van der Waals surface area contributed by atoms with E-state index in [1.165, 1.54) is 0 Å². The number of hydrogen-bond donors (Lipinski definition) is 1. The van der Waals surface area contributed by atoms with Crippen molar-refractivity contribution >= 4 is 5.91 Å². The molecule has 2 atom stereocenters. The largest absolute Gasteiger partial charge is 0.481 e. The van der Waals surface area contributed by atoms with Crippen molar-refractivity contribution in [3.8, 4) is 5.88 Å². The summed E-state index contributed by atoms with van der Waals surface area (Å²) in [5.74, 6) is 1.95. The lowest BCUT2D eigenvalue weighted by Gasteiger charge is -2.41. The van der Waals surface area contributed by atoms with E-state index in [0.29, 0.717) is 5.88 Å². The number of amides is 1. The van der Waals surface area contributed by atoms with Gasteiger partial charge in [0.2, 0.25) is 11.8 Å². The van der Waals surface area contributed by atoms with E-state index < -0.39 is 0 Å². The van der Waals surface area contributed by atoms with Gasteiger partial charge in [-0.25, -0.2) is 14.6 Å². The molecular formula is C20H26N6O2. The topological polar surface area (TPSA) is 85.2 Å². The average Bonchev–Trinajstić information content (AvgIpc) is 3.33. The molecule has 1 saturated heterocycles. The predicted molar refractivity (Wildman–Crippen MR) is 101 cm³/mol. The van der Waals surface area contributed by atoms with Gasteiger partial charge in [-0.1, -0.05) is 6.07 Å². The van der Waals surface area contributed by atoms with Crippen molar-refractivity contribution < 1.29 is 9.53 Å². The number of ether oxygens (including phenoxy) is 1. The molecule has 1 aliphatic carbocycles. The van der Waals surface area contributed by atoms with Crippen LogP contribution in [0.25, 0.3) is 0 Å². The zero-order valence-corrected chi connectivity index (χ0v) is 16.2. The molecule has 0 radical (unpaired) electrons. The van der Waals surface area contributed by atoms with E-state index in [0.717, 1.165) is 63.3 Å². The van der Waals surface area contributed by atoms with Crippen LogP contribution in [0.2, 0.25) is 0 Å². The van der Waals surface area contributed by atoms with Crippen LogP contribution in [-0.2, 0) is 17.9 Å². The second kappa shape index (κ2) is 6.84. The van der Waals surface area contributed by atoms with Crippen LogP contribution in [0, 0.1) is 11.3 Å². The first kappa shape index (κ1) is 17.6. The Morgan fingerprint density at radius 1 is 1.32 bits per heavy atom. The van der Waals surface area contributed by atoms with Crippen molar-refractivity contribution in [1.82, 2.24) is 30.0 Å². The van der Waals surface area contributed by atoms with Gasteiger partial charge in [0.15, 0.2) is 0 Å². The van der Waals surface area contributed by atoms with E-state index in [2.05, 4.69) is 31.3 Å². The summed E-state index contributed by atoms with van der Waals surface area (Å²) in [6.45, 7) is 3.57. The minimum atomic E-state index is -0.0716. The highest BCUT2D eigenvalue weighted by Gasteiger charge is 2.50. The Balaban J connectivity index is 1.38. The maximum absolute atomic E-state index is 12.6. The molecule has 3 aliphatic rings. The summed E-state index contributed by atoms with van der Waals surface area (Å²) in [5, 5.41) is 7.69. The number of pyridine rings is 1. The second-order valence-electron chi connectivity index (χ2n) is 8.30.